The maximum absolute atomic E-state index is 12.4. The molecule has 0 spiro atoms. The average Bonchev–Trinajstić information content (AvgIpc) is 2.48. The molecule has 0 aliphatic heterocycles. The highest BCUT2D eigenvalue weighted by Gasteiger charge is 2.18. The van der Waals surface area contributed by atoms with Gasteiger partial charge in [-0.25, -0.2) is 8.42 Å². The van der Waals surface area contributed by atoms with Gasteiger partial charge in [0.15, 0.2) is 0 Å². The van der Waals surface area contributed by atoms with Gasteiger partial charge in [0.2, 0.25) is 0 Å². The number of ether oxygens (including phenoxy) is 2. The molecule has 118 valence electrons. The number of halogens is 1. The predicted octanol–water partition coefficient (Wildman–Crippen LogP) is 3.55. The minimum atomic E-state index is -3.77. The van der Waals surface area contributed by atoms with Gasteiger partial charge in [-0.1, -0.05) is 11.6 Å². The highest BCUT2D eigenvalue weighted by atomic mass is 35.5. The van der Waals surface area contributed by atoms with Gasteiger partial charge < -0.3 is 9.47 Å². The third kappa shape index (κ3) is 3.84. The number of hydrogen-bond donors (Lipinski definition) is 1. The van der Waals surface area contributed by atoms with Crippen molar-refractivity contribution in [3.8, 4) is 11.5 Å². The van der Waals surface area contributed by atoms with E-state index in [2.05, 4.69) is 4.72 Å². The molecule has 5 nitrogen and oxygen atoms in total. The molecule has 0 aromatic heterocycles. The van der Waals surface area contributed by atoms with Crippen molar-refractivity contribution >= 4 is 27.3 Å². The summed E-state index contributed by atoms with van der Waals surface area (Å²) >= 11 is 6.01. The summed E-state index contributed by atoms with van der Waals surface area (Å²) < 4.78 is 37.5. The molecule has 0 radical (unpaired) electrons. The van der Waals surface area contributed by atoms with Crippen molar-refractivity contribution < 1.29 is 17.9 Å². The molecule has 0 unspecified atom stereocenters. The Balaban J connectivity index is 2.23. The van der Waals surface area contributed by atoms with Gasteiger partial charge >= 0.3 is 0 Å². The number of benzene rings is 2. The smallest absolute Gasteiger partial charge is 0.263 e. The van der Waals surface area contributed by atoms with Gasteiger partial charge in [0.1, 0.15) is 16.4 Å². The van der Waals surface area contributed by atoms with Gasteiger partial charge in [-0.2, -0.15) is 0 Å². The molecule has 2 aromatic rings. The lowest BCUT2D eigenvalue weighted by Gasteiger charge is -2.11. The molecule has 0 aliphatic rings. The van der Waals surface area contributed by atoms with Crippen LogP contribution in [0, 0.1) is 0 Å². The van der Waals surface area contributed by atoms with Crippen molar-refractivity contribution in [2.24, 2.45) is 0 Å². The monoisotopic (exact) mass is 341 g/mol. The summed E-state index contributed by atoms with van der Waals surface area (Å²) in [6, 6.07) is 11.0. The molecule has 0 saturated heterocycles. The van der Waals surface area contributed by atoms with Crippen LogP contribution in [0.25, 0.3) is 0 Å². The van der Waals surface area contributed by atoms with E-state index in [0.717, 1.165) is 0 Å². The van der Waals surface area contributed by atoms with Crippen LogP contribution in [0.3, 0.4) is 0 Å². The highest BCUT2D eigenvalue weighted by Crippen LogP contribution is 2.28. The van der Waals surface area contributed by atoms with Gasteiger partial charge in [0.25, 0.3) is 10.0 Å². The molecular weight excluding hydrogens is 326 g/mol. The number of nitrogens with one attached hydrogen (secondary N) is 1. The van der Waals surface area contributed by atoms with Crippen LogP contribution >= 0.6 is 11.6 Å². The van der Waals surface area contributed by atoms with Crippen LogP contribution in [0.1, 0.15) is 6.92 Å². The van der Waals surface area contributed by atoms with Gasteiger partial charge in [-0.3, -0.25) is 4.72 Å². The summed E-state index contributed by atoms with van der Waals surface area (Å²) in [4.78, 5) is -0.0103. The molecule has 2 rings (SSSR count). The Bertz CT molecular complexity index is 745. The molecule has 0 fully saturated rings. The summed E-state index contributed by atoms with van der Waals surface area (Å²) in [7, 11) is -2.29. The van der Waals surface area contributed by atoms with Gasteiger partial charge in [-0.05, 0) is 43.3 Å². The van der Waals surface area contributed by atoms with E-state index in [1.807, 2.05) is 6.92 Å². The van der Waals surface area contributed by atoms with Crippen LogP contribution in [0.4, 0.5) is 5.69 Å². The number of sulfonamides is 1. The van der Waals surface area contributed by atoms with E-state index in [-0.39, 0.29) is 9.92 Å². The second-order valence-corrected chi connectivity index (χ2v) is 6.42. The van der Waals surface area contributed by atoms with Crippen LogP contribution in [-0.4, -0.2) is 22.1 Å². The van der Waals surface area contributed by atoms with Crippen LogP contribution < -0.4 is 14.2 Å². The summed E-state index contributed by atoms with van der Waals surface area (Å²) in [6.07, 6.45) is 0. The predicted molar refractivity (Wildman–Crippen MR) is 86.4 cm³/mol. The molecule has 1 N–H and O–H groups in total. The first-order chi connectivity index (χ1) is 10.5. The first-order valence-corrected chi connectivity index (χ1v) is 8.41. The quantitative estimate of drug-likeness (QED) is 0.872. The molecule has 0 bridgehead atoms. The van der Waals surface area contributed by atoms with Crippen molar-refractivity contribution in [1.82, 2.24) is 0 Å². The molecule has 0 saturated carbocycles. The zero-order valence-electron chi connectivity index (χ0n) is 12.2. The molecule has 0 heterocycles. The number of rotatable bonds is 6. The molecule has 7 heteroatoms. The number of methoxy groups -OCH3 is 1. The maximum Gasteiger partial charge on any atom is 0.263 e. The lowest BCUT2D eigenvalue weighted by atomic mass is 10.3. The van der Waals surface area contributed by atoms with Crippen LogP contribution in [0.15, 0.2) is 47.4 Å². The Hall–Kier alpha value is -1.92. The van der Waals surface area contributed by atoms with E-state index in [9.17, 15) is 8.42 Å². The minimum Gasteiger partial charge on any atom is -0.497 e. The van der Waals surface area contributed by atoms with Crippen molar-refractivity contribution in [1.29, 1.82) is 0 Å². The molecule has 0 amide bonds. The zero-order valence-corrected chi connectivity index (χ0v) is 13.7. The maximum atomic E-state index is 12.4. The summed E-state index contributed by atoms with van der Waals surface area (Å²) in [5, 5.41) is 0.0952. The average molecular weight is 342 g/mol. The second kappa shape index (κ2) is 6.89. The SMILES string of the molecule is CCOc1ccc(NS(=O)(=O)c2ccc(OC)cc2Cl)cc1. The van der Waals surface area contributed by atoms with E-state index >= 15 is 0 Å². The topological polar surface area (TPSA) is 64.6 Å². The van der Waals surface area contributed by atoms with Gasteiger partial charge in [0, 0.05) is 11.8 Å². The van der Waals surface area contributed by atoms with E-state index in [0.29, 0.717) is 23.8 Å². The second-order valence-electron chi connectivity index (χ2n) is 4.36. The van der Waals surface area contributed by atoms with Crippen LogP contribution in [-0.2, 0) is 10.0 Å². The minimum absolute atomic E-state index is 0.0103. The zero-order chi connectivity index (χ0) is 16.2. The fourth-order valence-electron chi connectivity index (χ4n) is 1.82. The van der Waals surface area contributed by atoms with E-state index in [1.165, 1.54) is 19.2 Å². The lowest BCUT2D eigenvalue weighted by Crippen LogP contribution is -2.13. The van der Waals surface area contributed by atoms with Crippen molar-refractivity contribution in [3.05, 3.63) is 47.5 Å². The van der Waals surface area contributed by atoms with Gasteiger partial charge in [-0.15, -0.1) is 0 Å². The Morgan fingerprint density at radius 3 is 2.27 bits per heavy atom. The Kier molecular flexibility index (Phi) is 5.15. The van der Waals surface area contributed by atoms with E-state index < -0.39 is 10.0 Å². The number of anilines is 1. The molecule has 0 atom stereocenters. The fraction of sp³-hybridized carbons (Fsp3) is 0.200. The van der Waals surface area contributed by atoms with Gasteiger partial charge in [0.05, 0.1) is 18.7 Å². The number of hydrogen-bond acceptors (Lipinski definition) is 4. The molecule has 0 aliphatic carbocycles. The first kappa shape index (κ1) is 16.5. The van der Waals surface area contributed by atoms with Crippen molar-refractivity contribution in [2.45, 2.75) is 11.8 Å². The molecule has 22 heavy (non-hydrogen) atoms. The summed E-state index contributed by atoms with van der Waals surface area (Å²) in [5.74, 6) is 1.16. The fourth-order valence-corrected chi connectivity index (χ4v) is 3.42. The van der Waals surface area contributed by atoms with E-state index in [1.54, 1.807) is 30.3 Å². The Morgan fingerprint density at radius 1 is 1.09 bits per heavy atom. The van der Waals surface area contributed by atoms with Crippen molar-refractivity contribution in [3.63, 3.8) is 0 Å². The third-order valence-electron chi connectivity index (χ3n) is 2.85. The largest absolute Gasteiger partial charge is 0.497 e. The lowest BCUT2D eigenvalue weighted by molar-refractivity contribution is 0.340. The third-order valence-corrected chi connectivity index (χ3v) is 4.71. The van der Waals surface area contributed by atoms with Crippen LogP contribution in [0.5, 0.6) is 11.5 Å². The highest BCUT2D eigenvalue weighted by molar-refractivity contribution is 7.92. The molecular formula is C15H16ClNO4S. The van der Waals surface area contributed by atoms with E-state index in [4.69, 9.17) is 21.1 Å². The molecule has 2 aromatic carbocycles. The van der Waals surface area contributed by atoms with Crippen LogP contribution in [0.2, 0.25) is 5.02 Å². The Labute approximate surface area is 134 Å². The summed E-state index contributed by atoms with van der Waals surface area (Å²) in [5.41, 5.74) is 0.426. The standard InChI is InChI=1S/C15H16ClNO4S/c1-3-21-12-6-4-11(5-7-12)17-22(18,19)15-9-8-13(20-2)10-14(15)16/h4-10,17H,3H2,1-2H3. The van der Waals surface area contributed by atoms with Crippen molar-refractivity contribution in [2.75, 3.05) is 18.4 Å². The normalized spacial score (nSPS) is 11.0. The Morgan fingerprint density at radius 2 is 1.73 bits per heavy atom. The first-order valence-electron chi connectivity index (χ1n) is 6.55. The summed E-state index contributed by atoms with van der Waals surface area (Å²) in [6.45, 7) is 2.43.